The summed E-state index contributed by atoms with van der Waals surface area (Å²) >= 11 is 0. The van der Waals surface area contributed by atoms with Gasteiger partial charge in [0.1, 0.15) is 0 Å². The largest absolute Gasteiger partial charge is 0.340 e. The predicted molar refractivity (Wildman–Crippen MR) is 90.0 cm³/mol. The van der Waals surface area contributed by atoms with Crippen LogP contribution in [0.3, 0.4) is 0 Å². The molecule has 1 amide bonds. The van der Waals surface area contributed by atoms with E-state index in [1.807, 2.05) is 0 Å². The van der Waals surface area contributed by atoms with Gasteiger partial charge in [0.2, 0.25) is 5.91 Å². The van der Waals surface area contributed by atoms with Crippen LogP contribution >= 0.6 is 0 Å². The number of rotatable bonds is 4. The van der Waals surface area contributed by atoms with E-state index in [-0.39, 0.29) is 0 Å². The van der Waals surface area contributed by atoms with Crippen molar-refractivity contribution in [2.24, 2.45) is 0 Å². The first kappa shape index (κ1) is 15.5. The second-order valence-electron chi connectivity index (χ2n) is 7.07. The molecule has 0 aliphatic carbocycles. The van der Waals surface area contributed by atoms with Crippen molar-refractivity contribution >= 4 is 5.91 Å². The van der Waals surface area contributed by atoms with Crippen molar-refractivity contribution in [1.29, 1.82) is 0 Å². The van der Waals surface area contributed by atoms with Crippen molar-refractivity contribution in [3.8, 4) is 0 Å². The average Bonchev–Trinajstić information content (AvgIpc) is 3.00. The minimum atomic E-state index is 0.333. The Morgan fingerprint density at radius 2 is 1.95 bits per heavy atom. The molecule has 3 heteroatoms. The van der Waals surface area contributed by atoms with Crippen molar-refractivity contribution in [1.82, 2.24) is 9.80 Å². The number of nitrogens with zero attached hydrogens (tertiary/aromatic N) is 2. The number of carbonyl (C=O) groups excluding carboxylic acids is 1. The second kappa shape index (κ2) is 6.82. The van der Waals surface area contributed by atoms with Crippen LogP contribution in [0.15, 0.2) is 24.3 Å². The Bertz CT molecular complexity index is 509. The predicted octanol–water partition coefficient (Wildman–Crippen LogP) is 3.05. The maximum Gasteiger partial charge on any atom is 0.222 e. The zero-order valence-electron chi connectivity index (χ0n) is 13.9. The SMILES string of the molecule is CC(C)c1ccc(CCC(=O)N2CCN3CCCC3C2)cc1. The number of piperazine rings is 1. The van der Waals surface area contributed by atoms with Gasteiger partial charge in [0.05, 0.1) is 0 Å². The van der Waals surface area contributed by atoms with Gasteiger partial charge in [-0.05, 0) is 42.9 Å². The van der Waals surface area contributed by atoms with E-state index in [9.17, 15) is 4.79 Å². The lowest BCUT2D eigenvalue weighted by Gasteiger charge is -2.37. The summed E-state index contributed by atoms with van der Waals surface area (Å²) < 4.78 is 0. The molecule has 1 atom stereocenters. The zero-order chi connectivity index (χ0) is 15.5. The Labute approximate surface area is 134 Å². The van der Waals surface area contributed by atoms with Gasteiger partial charge < -0.3 is 4.90 Å². The fourth-order valence-electron chi connectivity index (χ4n) is 3.70. The molecule has 0 saturated carbocycles. The molecule has 0 N–H and O–H groups in total. The molecule has 120 valence electrons. The fourth-order valence-corrected chi connectivity index (χ4v) is 3.70. The summed E-state index contributed by atoms with van der Waals surface area (Å²) in [6.45, 7) is 8.59. The second-order valence-corrected chi connectivity index (χ2v) is 7.07. The fraction of sp³-hybridized carbons (Fsp3) is 0.632. The lowest BCUT2D eigenvalue weighted by atomic mass is 10.00. The number of fused-ring (bicyclic) bond motifs is 1. The summed E-state index contributed by atoms with van der Waals surface area (Å²) in [5, 5.41) is 0. The van der Waals surface area contributed by atoms with Crippen molar-refractivity contribution in [3.63, 3.8) is 0 Å². The number of hydrogen-bond donors (Lipinski definition) is 0. The molecule has 0 spiro atoms. The van der Waals surface area contributed by atoms with Gasteiger partial charge in [-0.1, -0.05) is 38.1 Å². The molecule has 1 aromatic carbocycles. The maximum absolute atomic E-state index is 12.4. The number of amides is 1. The molecule has 2 heterocycles. The smallest absolute Gasteiger partial charge is 0.222 e. The highest BCUT2D eigenvalue weighted by Gasteiger charge is 2.32. The summed E-state index contributed by atoms with van der Waals surface area (Å²) in [6.07, 6.45) is 4.07. The van der Waals surface area contributed by atoms with Gasteiger partial charge in [0.25, 0.3) is 0 Å². The van der Waals surface area contributed by atoms with Crippen LogP contribution in [0.1, 0.15) is 50.2 Å². The van der Waals surface area contributed by atoms with Gasteiger partial charge in [-0.3, -0.25) is 9.69 Å². The molecule has 1 aromatic rings. The van der Waals surface area contributed by atoms with Crippen molar-refractivity contribution in [3.05, 3.63) is 35.4 Å². The van der Waals surface area contributed by atoms with Crippen LogP contribution in [0.5, 0.6) is 0 Å². The molecular formula is C19H28N2O. The molecule has 3 nitrogen and oxygen atoms in total. The quantitative estimate of drug-likeness (QED) is 0.853. The molecular weight excluding hydrogens is 272 g/mol. The maximum atomic E-state index is 12.4. The van der Waals surface area contributed by atoms with Gasteiger partial charge in [0.15, 0.2) is 0 Å². The molecule has 0 radical (unpaired) electrons. The van der Waals surface area contributed by atoms with Crippen molar-refractivity contribution in [2.45, 2.75) is 51.5 Å². The van der Waals surface area contributed by atoms with Crippen LogP contribution in [0.2, 0.25) is 0 Å². The number of carbonyl (C=O) groups is 1. The molecule has 2 saturated heterocycles. The first-order valence-electron chi connectivity index (χ1n) is 8.74. The minimum Gasteiger partial charge on any atom is -0.340 e. The number of aryl methyl sites for hydroxylation is 1. The van der Waals surface area contributed by atoms with Gasteiger partial charge >= 0.3 is 0 Å². The third-order valence-corrected chi connectivity index (χ3v) is 5.21. The van der Waals surface area contributed by atoms with E-state index in [1.165, 1.54) is 30.5 Å². The summed E-state index contributed by atoms with van der Waals surface area (Å²) in [5.74, 6) is 0.901. The highest BCUT2D eigenvalue weighted by molar-refractivity contribution is 5.76. The molecule has 1 unspecified atom stereocenters. The monoisotopic (exact) mass is 300 g/mol. The Hall–Kier alpha value is -1.35. The van der Waals surface area contributed by atoms with Gasteiger partial charge in [-0.15, -0.1) is 0 Å². The van der Waals surface area contributed by atoms with E-state index < -0.39 is 0 Å². The molecule has 22 heavy (non-hydrogen) atoms. The van der Waals surface area contributed by atoms with Crippen LogP contribution in [0.4, 0.5) is 0 Å². The van der Waals surface area contributed by atoms with E-state index in [1.54, 1.807) is 0 Å². The summed E-state index contributed by atoms with van der Waals surface area (Å²) in [5.41, 5.74) is 2.64. The Morgan fingerprint density at radius 3 is 2.68 bits per heavy atom. The minimum absolute atomic E-state index is 0.333. The van der Waals surface area contributed by atoms with Gasteiger partial charge in [-0.25, -0.2) is 0 Å². The first-order valence-corrected chi connectivity index (χ1v) is 8.74. The Morgan fingerprint density at radius 1 is 1.18 bits per heavy atom. The molecule has 0 aromatic heterocycles. The Kier molecular flexibility index (Phi) is 4.82. The van der Waals surface area contributed by atoms with E-state index >= 15 is 0 Å². The number of hydrogen-bond acceptors (Lipinski definition) is 2. The standard InChI is InChI=1S/C19H28N2O/c1-15(2)17-8-5-16(6-9-17)7-10-19(22)21-13-12-20-11-3-4-18(20)14-21/h5-6,8-9,15,18H,3-4,7,10-14H2,1-2H3. The van der Waals surface area contributed by atoms with Crippen LogP contribution in [0.25, 0.3) is 0 Å². The topological polar surface area (TPSA) is 23.6 Å². The van der Waals surface area contributed by atoms with E-state index in [2.05, 4.69) is 47.9 Å². The normalized spacial score (nSPS) is 22.1. The molecule has 2 aliphatic heterocycles. The van der Waals surface area contributed by atoms with Gasteiger partial charge in [0, 0.05) is 32.1 Å². The third-order valence-electron chi connectivity index (χ3n) is 5.21. The molecule has 3 rings (SSSR count). The van der Waals surface area contributed by atoms with E-state index in [4.69, 9.17) is 0 Å². The molecule has 2 fully saturated rings. The summed E-state index contributed by atoms with van der Waals surface area (Å²) in [6, 6.07) is 9.38. The molecule has 0 bridgehead atoms. The molecule has 2 aliphatic rings. The van der Waals surface area contributed by atoms with Crippen LogP contribution < -0.4 is 0 Å². The zero-order valence-corrected chi connectivity index (χ0v) is 13.9. The van der Waals surface area contributed by atoms with Crippen molar-refractivity contribution < 1.29 is 4.79 Å². The lowest BCUT2D eigenvalue weighted by molar-refractivity contribution is -0.133. The first-order chi connectivity index (χ1) is 10.6. The van der Waals surface area contributed by atoms with Crippen LogP contribution in [0, 0.1) is 0 Å². The van der Waals surface area contributed by atoms with Crippen molar-refractivity contribution in [2.75, 3.05) is 26.2 Å². The summed E-state index contributed by atoms with van der Waals surface area (Å²) in [7, 11) is 0. The summed E-state index contributed by atoms with van der Waals surface area (Å²) in [4.78, 5) is 17.1. The highest BCUT2D eigenvalue weighted by atomic mass is 16.2. The Balaban J connectivity index is 1.49. The van der Waals surface area contributed by atoms with E-state index in [0.717, 1.165) is 26.1 Å². The van der Waals surface area contributed by atoms with Crippen LogP contribution in [-0.2, 0) is 11.2 Å². The van der Waals surface area contributed by atoms with Gasteiger partial charge in [-0.2, -0.15) is 0 Å². The lowest BCUT2D eigenvalue weighted by Crippen LogP contribution is -2.52. The average molecular weight is 300 g/mol. The van der Waals surface area contributed by atoms with E-state index in [0.29, 0.717) is 24.3 Å². The highest BCUT2D eigenvalue weighted by Crippen LogP contribution is 2.22. The third kappa shape index (κ3) is 3.52. The van der Waals surface area contributed by atoms with Crippen LogP contribution in [-0.4, -0.2) is 47.9 Å². The number of benzene rings is 1.